The number of rotatable bonds is 4. The minimum absolute atomic E-state index is 0.641. The van der Waals surface area contributed by atoms with E-state index in [-0.39, 0.29) is 0 Å². The summed E-state index contributed by atoms with van der Waals surface area (Å²) in [7, 11) is 0. The Labute approximate surface area is 124 Å². The van der Waals surface area contributed by atoms with E-state index in [1.54, 1.807) is 5.54 Å². The van der Waals surface area contributed by atoms with Gasteiger partial charge in [0.15, 0.2) is 0 Å². The highest BCUT2D eigenvalue weighted by Crippen LogP contribution is 2.36. The number of likely N-dealkylation sites (tertiary alicyclic amines) is 1. The number of aliphatic carboxylic acids is 1. The number of carboxylic acids is 1. The normalized spacial score (nSPS) is 19.8. The first kappa shape index (κ1) is 15.1. The predicted octanol–water partition coefficient (Wildman–Crippen LogP) is 3.25. The van der Waals surface area contributed by atoms with Crippen LogP contribution in [0.5, 0.6) is 0 Å². The van der Waals surface area contributed by atoms with Gasteiger partial charge in [-0.1, -0.05) is 41.9 Å². The van der Waals surface area contributed by atoms with Gasteiger partial charge in [0, 0.05) is 12.1 Å². The minimum atomic E-state index is -0.740. The van der Waals surface area contributed by atoms with E-state index < -0.39 is 11.4 Å². The lowest BCUT2D eigenvalue weighted by Crippen LogP contribution is -2.47. The molecule has 3 nitrogen and oxygen atoms in total. The second-order valence-electron chi connectivity index (χ2n) is 5.48. The Morgan fingerprint density at radius 3 is 2.45 bits per heavy atom. The maximum absolute atomic E-state index is 11.8. The summed E-state index contributed by atoms with van der Waals surface area (Å²) in [5.41, 5.74) is 2.87. The molecule has 1 heterocycles. The Morgan fingerprint density at radius 2 is 1.95 bits per heavy atom. The molecule has 0 unspecified atom stereocenters. The SMILES string of the molecule is C/C(=C/Cl)CN1CCC(C(=O)O)(c2ccccc2)CC1. The van der Waals surface area contributed by atoms with E-state index in [0.29, 0.717) is 12.8 Å². The Bertz CT molecular complexity index is 490. The molecule has 0 aromatic heterocycles. The van der Waals surface area contributed by atoms with Crippen molar-refractivity contribution in [1.29, 1.82) is 0 Å². The predicted molar refractivity (Wildman–Crippen MR) is 81.0 cm³/mol. The van der Waals surface area contributed by atoms with Crippen LogP contribution >= 0.6 is 11.6 Å². The number of halogens is 1. The molecule has 2 rings (SSSR count). The van der Waals surface area contributed by atoms with Crippen LogP contribution in [0.1, 0.15) is 25.3 Å². The number of hydrogen-bond acceptors (Lipinski definition) is 2. The van der Waals surface area contributed by atoms with Crippen molar-refractivity contribution in [2.45, 2.75) is 25.2 Å². The summed E-state index contributed by atoms with van der Waals surface area (Å²) < 4.78 is 0. The molecule has 0 atom stereocenters. The zero-order valence-electron chi connectivity index (χ0n) is 11.7. The number of benzene rings is 1. The molecule has 0 amide bonds. The summed E-state index contributed by atoms with van der Waals surface area (Å²) in [6.45, 7) is 4.36. The van der Waals surface area contributed by atoms with E-state index in [9.17, 15) is 9.90 Å². The summed E-state index contributed by atoms with van der Waals surface area (Å²) in [4.78, 5) is 14.1. The van der Waals surface area contributed by atoms with Crippen molar-refractivity contribution in [1.82, 2.24) is 4.90 Å². The van der Waals surface area contributed by atoms with Crippen LogP contribution in [-0.4, -0.2) is 35.6 Å². The van der Waals surface area contributed by atoms with Crippen molar-refractivity contribution < 1.29 is 9.90 Å². The molecule has 0 saturated carbocycles. The largest absolute Gasteiger partial charge is 0.481 e. The van der Waals surface area contributed by atoms with Crippen LogP contribution in [0.15, 0.2) is 41.4 Å². The minimum Gasteiger partial charge on any atom is -0.481 e. The van der Waals surface area contributed by atoms with E-state index >= 15 is 0 Å². The topological polar surface area (TPSA) is 40.5 Å². The lowest BCUT2D eigenvalue weighted by atomic mass is 9.73. The molecule has 1 saturated heterocycles. The van der Waals surface area contributed by atoms with Crippen molar-refractivity contribution in [2.75, 3.05) is 19.6 Å². The highest BCUT2D eigenvalue weighted by molar-refractivity contribution is 6.25. The molecule has 0 aliphatic carbocycles. The van der Waals surface area contributed by atoms with E-state index in [0.717, 1.165) is 30.8 Å². The molecule has 108 valence electrons. The van der Waals surface area contributed by atoms with Crippen LogP contribution in [0, 0.1) is 0 Å². The standard InChI is InChI=1S/C16H20ClNO2/c1-13(11-17)12-18-9-7-16(8-10-18,15(19)20)14-5-3-2-4-6-14/h2-6,11H,7-10,12H2,1H3,(H,19,20)/b13-11-. The van der Waals surface area contributed by atoms with Gasteiger partial charge >= 0.3 is 5.97 Å². The molecule has 20 heavy (non-hydrogen) atoms. The molecule has 4 heteroatoms. The van der Waals surface area contributed by atoms with Crippen LogP contribution in [0.25, 0.3) is 0 Å². The Balaban J connectivity index is 2.13. The Hall–Kier alpha value is -1.32. The third-order valence-corrected chi connectivity index (χ3v) is 4.48. The van der Waals surface area contributed by atoms with Gasteiger partial charge in [-0.3, -0.25) is 9.69 Å². The molecule has 1 fully saturated rings. The molecular formula is C16H20ClNO2. The van der Waals surface area contributed by atoms with Gasteiger partial charge in [0.2, 0.25) is 0 Å². The first-order chi connectivity index (χ1) is 9.58. The summed E-state index contributed by atoms with van der Waals surface area (Å²) >= 11 is 5.69. The first-order valence-corrected chi connectivity index (χ1v) is 7.29. The maximum Gasteiger partial charge on any atom is 0.314 e. The molecular weight excluding hydrogens is 274 g/mol. The molecule has 0 radical (unpaired) electrons. The zero-order chi connectivity index (χ0) is 14.6. The lowest BCUT2D eigenvalue weighted by Gasteiger charge is -2.39. The van der Waals surface area contributed by atoms with E-state index in [2.05, 4.69) is 4.90 Å². The maximum atomic E-state index is 11.8. The number of piperidine rings is 1. The van der Waals surface area contributed by atoms with Gasteiger partial charge in [-0.25, -0.2) is 0 Å². The Morgan fingerprint density at radius 1 is 1.35 bits per heavy atom. The number of hydrogen-bond donors (Lipinski definition) is 1. The monoisotopic (exact) mass is 293 g/mol. The van der Waals surface area contributed by atoms with Crippen LogP contribution in [-0.2, 0) is 10.2 Å². The van der Waals surface area contributed by atoms with Crippen LogP contribution < -0.4 is 0 Å². The van der Waals surface area contributed by atoms with E-state index in [1.807, 2.05) is 37.3 Å². The van der Waals surface area contributed by atoms with Crippen molar-refractivity contribution >= 4 is 17.6 Å². The fraction of sp³-hybridized carbons (Fsp3) is 0.438. The third kappa shape index (κ3) is 3.05. The molecule has 0 spiro atoms. The molecule has 1 aliphatic heterocycles. The van der Waals surface area contributed by atoms with E-state index in [4.69, 9.17) is 11.6 Å². The van der Waals surface area contributed by atoms with Crippen LogP contribution in [0.4, 0.5) is 0 Å². The Kier molecular flexibility index (Phi) is 4.84. The average molecular weight is 294 g/mol. The smallest absolute Gasteiger partial charge is 0.314 e. The van der Waals surface area contributed by atoms with Gasteiger partial charge in [-0.05, 0) is 44.0 Å². The van der Waals surface area contributed by atoms with Crippen molar-refractivity contribution in [3.63, 3.8) is 0 Å². The number of nitrogens with zero attached hydrogens (tertiary/aromatic N) is 1. The molecule has 0 bridgehead atoms. The quantitative estimate of drug-likeness (QED) is 0.926. The third-order valence-electron chi connectivity index (χ3n) is 4.10. The fourth-order valence-corrected chi connectivity index (χ4v) is 2.93. The van der Waals surface area contributed by atoms with Gasteiger partial charge < -0.3 is 5.11 Å². The van der Waals surface area contributed by atoms with Crippen molar-refractivity contribution in [2.24, 2.45) is 0 Å². The zero-order valence-corrected chi connectivity index (χ0v) is 12.4. The van der Waals surface area contributed by atoms with Gasteiger partial charge in [0.1, 0.15) is 0 Å². The lowest BCUT2D eigenvalue weighted by molar-refractivity contribution is -0.145. The summed E-state index contributed by atoms with van der Waals surface area (Å²) in [6.07, 6.45) is 1.28. The van der Waals surface area contributed by atoms with Crippen molar-refractivity contribution in [3.05, 3.63) is 47.0 Å². The molecule has 1 N–H and O–H groups in total. The second kappa shape index (κ2) is 6.42. The number of carbonyl (C=O) groups is 1. The molecule has 1 aliphatic rings. The summed E-state index contributed by atoms with van der Waals surface area (Å²) in [5.74, 6) is -0.715. The molecule has 1 aromatic carbocycles. The van der Waals surface area contributed by atoms with Gasteiger partial charge in [-0.15, -0.1) is 0 Å². The fourth-order valence-electron chi connectivity index (χ4n) is 2.86. The summed E-state index contributed by atoms with van der Waals surface area (Å²) in [6, 6.07) is 9.59. The van der Waals surface area contributed by atoms with Gasteiger partial charge in [0.25, 0.3) is 0 Å². The average Bonchev–Trinajstić information content (AvgIpc) is 2.48. The first-order valence-electron chi connectivity index (χ1n) is 6.85. The van der Waals surface area contributed by atoms with Gasteiger partial charge in [0.05, 0.1) is 5.41 Å². The number of carboxylic acid groups (broad SMARTS) is 1. The van der Waals surface area contributed by atoms with E-state index in [1.165, 1.54) is 0 Å². The van der Waals surface area contributed by atoms with Crippen LogP contribution in [0.2, 0.25) is 0 Å². The van der Waals surface area contributed by atoms with Gasteiger partial charge in [-0.2, -0.15) is 0 Å². The molecule has 1 aromatic rings. The highest BCUT2D eigenvalue weighted by Gasteiger charge is 2.42. The summed E-state index contributed by atoms with van der Waals surface area (Å²) in [5, 5.41) is 9.71. The second-order valence-corrected chi connectivity index (χ2v) is 5.70. The highest BCUT2D eigenvalue weighted by atomic mass is 35.5. The van der Waals surface area contributed by atoms with Crippen LogP contribution in [0.3, 0.4) is 0 Å². The van der Waals surface area contributed by atoms with Crippen molar-refractivity contribution in [3.8, 4) is 0 Å².